The van der Waals surface area contributed by atoms with E-state index in [0.717, 1.165) is 29.1 Å². The molecule has 0 spiro atoms. The molecule has 0 fully saturated rings. The van der Waals surface area contributed by atoms with Gasteiger partial charge in [0.05, 0.1) is 5.69 Å². The molecule has 0 bridgehead atoms. The van der Waals surface area contributed by atoms with Gasteiger partial charge in [-0.1, -0.05) is 26.2 Å². The zero-order chi connectivity index (χ0) is 14.7. The molecular formula is C15H25ClN4. The molecule has 0 aromatic carbocycles. The van der Waals surface area contributed by atoms with E-state index in [1.807, 2.05) is 18.7 Å². The molecule has 20 heavy (non-hydrogen) atoms. The maximum atomic E-state index is 5.94. The number of nitrogens with zero attached hydrogens (tertiary/aromatic N) is 4. The van der Waals surface area contributed by atoms with Crippen molar-refractivity contribution in [3.05, 3.63) is 11.5 Å². The molecule has 2 aromatic rings. The highest BCUT2D eigenvalue weighted by atomic mass is 35.5. The highest BCUT2D eigenvalue weighted by Gasteiger charge is 2.20. The molecule has 0 aliphatic rings. The molecular weight excluding hydrogens is 272 g/mol. The monoisotopic (exact) mass is 296 g/mol. The summed E-state index contributed by atoms with van der Waals surface area (Å²) >= 11 is 5.94. The Kier molecular flexibility index (Phi) is 5.08. The third kappa shape index (κ3) is 2.85. The van der Waals surface area contributed by atoms with E-state index in [4.69, 9.17) is 16.6 Å². The van der Waals surface area contributed by atoms with Gasteiger partial charge in [-0.15, -0.1) is 11.6 Å². The Morgan fingerprint density at radius 1 is 1.30 bits per heavy atom. The van der Waals surface area contributed by atoms with Gasteiger partial charge in [0.2, 0.25) is 0 Å². The fourth-order valence-corrected chi connectivity index (χ4v) is 3.05. The molecule has 2 heterocycles. The lowest BCUT2D eigenvalue weighted by atomic mass is 10.1. The van der Waals surface area contributed by atoms with Gasteiger partial charge in [0.25, 0.3) is 0 Å². The summed E-state index contributed by atoms with van der Waals surface area (Å²) in [6.45, 7) is 6.53. The van der Waals surface area contributed by atoms with Crippen LogP contribution in [0.25, 0.3) is 11.2 Å². The predicted molar refractivity (Wildman–Crippen MR) is 84.5 cm³/mol. The third-order valence-corrected chi connectivity index (χ3v) is 4.08. The van der Waals surface area contributed by atoms with Crippen LogP contribution in [-0.4, -0.2) is 25.2 Å². The van der Waals surface area contributed by atoms with Gasteiger partial charge in [-0.2, -0.15) is 5.10 Å². The average molecular weight is 297 g/mol. The molecule has 2 aromatic heterocycles. The zero-order valence-corrected chi connectivity index (χ0v) is 13.7. The molecule has 1 atom stereocenters. The minimum Gasteiger partial charge on any atom is -0.310 e. The van der Waals surface area contributed by atoms with Crippen molar-refractivity contribution in [2.45, 2.75) is 58.9 Å². The van der Waals surface area contributed by atoms with E-state index in [2.05, 4.69) is 23.5 Å². The molecule has 0 saturated carbocycles. The molecule has 2 rings (SSSR count). The fraction of sp³-hybridized carbons (Fsp3) is 0.733. The molecule has 0 radical (unpaired) electrons. The topological polar surface area (TPSA) is 35.6 Å². The summed E-state index contributed by atoms with van der Waals surface area (Å²) in [6, 6.07) is 0.444. The Morgan fingerprint density at radius 2 is 2.05 bits per heavy atom. The first-order chi connectivity index (χ1) is 9.60. The largest absolute Gasteiger partial charge is 0.310 e. The molecule has 0 aliphatic carbocycles. The van der Waals surface area contributed by atoms with Crippen LogP contribution in [0.2, 0.25) is 0 Å². The number of hydrogen-bond acceptors (Lipinski definition) is 2. The van der Waals surface area contributed by atoms with Crippen molar-refractivity contribution in [2.24, 2.45) is 7.05 Å². The van der Waals surface area contributed by atoms with Gasteiger partial charge in [0.1, 0.15) is 11.3 Å². The van der Waals surface area contributed by atoms with Gasteiger partial charge in [-0.05, 0) is 20.3 Å². The second kappa shape index (κ2) is 6.61. The number of aromatic nitrogens is 4. The quantitative estimate of drug-likeness (QED) is 0.572. The van der Waals surface area contributed by atoms with Crippen molar-refractivity contribution in [1.82, 2.24) is 19.3 Å². The van der Waals surface area contributed by atoms with Crippen LogP contribution in [0.3, 0.4) is 0 Å². The maximum Gasteiger partial charge on any atom is 0.158 e. The van der Waals surface area contributed by atoms with Crippen LogP contribution in [0, 0.1) is 6.92 Å². The summed E-state index contributed by atoms with van der Waals surface area (Å²) in [7, 11) is 2.00. The average Bonchev–Trinajstić information content (AvgIpc) is 2.90. The van der Waals surface area contributed by atoms with E-state index in [-0.39, 0.29) is 0 Å². The predicted octanol–water partition coefficient (Wildman–Crippen LogP) is 4.00. The van der Waals surface area contributed by atoms with Gasteiger partial charge < -0.3 is 4.57 Å². The number of alkyl halides is 1. The summed E-state index contributed by atoms with van der Waals surface area (Å²) in [4.78, 5) is 4.77. The van der Waals surface area contributed by atoms with Crippen molar-refractivity contribution in [3.63, 3.8) is 0 Å². The van der Waals surface area contributed by atoms with E-state index < -0.39 is 0 Å². The van der Waals surface area contributed by atoms with Crippen molar-refractivity contribution in [1.29, 1.82) is 0 Å². The summed E-state index contributed by atoms with van der Waals surface area (Å²) < 4.78 is 4.29. The van der Waals surface area contributed by atoms with E-state index in [0.29, 0.717) is 11.9 Å². The van der Waals surface area contributed by atoms with Crippen LogP contribution < -0.4 is 0 Å². The van der Waals surface area contributed by atoms with E-state index in [1.54, 1.807) is 0 Å². The van der Waals surface area contributed by atoms with Gasteiger partial charge >= 0.3 is 0 Å². The molecule has 1 unspecified atom stereocenters. The number of halogens is 1. The summed E-state index contributed by atoms with van der Waals surface area (Å²) in [5.74, 6) is 1.70. The van der Waals surface area contributed by atoms with Crippen LogP contribution in [-0.2, 0) is 13.5 Å². The van der Waals surface area contributed by atoms with Crippen molar-refractivity contribution >= 4 is 22.8 Å². The summed E-state index contributed by atoms with van der Waals surface area (Å²) in [5, 5.41) is 4.49. The Bertz CT molecular complexity index is 570. The van der Waals surface area contributed by atoms with E-state index >= 15 is 0 Å². The molecule has 5 heteroatoms. The Morgan fingerprint density at radius 3 is 2.70 bits per heavy atom. The van der Waals surface area contributed by atoms with Crippen molar-refractivity contribution < 1.29 is 0 Å². The molecule has 0 saturated heterocycles. The minimum atomic E-state index is 0.444. The lowest BCUT2D eigenvalue weighted by Gasteiger charge is -2.17. The molecule has 0 N–H and O–H groups in total. The second-order valence-electron chi connectivity index (χ2n) is 5.56. The van der Waals surface area contributed by atoms with Crippen molar-refractivity contribution in [3.8, 4) is 0 Å². The Balaban J connectivity index is 2.39. The van der Waals surface area contributed by atoms with E-state index in [9.17, 15) is 0 Å². The maximum absolute atomic E-state index is 5.94. The van der Waals surface area contributed by atoms with Gasteiger partial charge in [-0.3, -0.25) is 4.68 Å². The van der Waals surface area contributed by atoms with Gasteiger partial charge in [0, 0.05) is 25.4 Å². The first-order valence-electron chi connectivity index (χ1n) is 7.56. The number of imidazole rings is 1. The number of hydrogen-bond donors (Lipinski definition) is 0. The number of rotatable bonds is 7. The Hall–Kier alpha value is -1.03. The van der Waals surface area contributed by atoms with Crippen LogP contribution in [0.4, 0.5) is 0 Å². The number of unbranched alkanes of at least 4 members (excludes halogenated alkanes) is 2. The first-order valence-corrected chi connectivity index (χ1v) is 8.10. The van der Waals surface area contributed by atoms with Crippen LogP contribution in [0.1, 0.15) is 57.1 Å². The highest BCUT2D eigenvalue weighted by molar-refractivity contribution is 6.17. The number of fused-ring (bicyclic) bond motifs is 1. The smallest absolute Gasteiger partial charge is 0.158 e. The highest BCUT2D eigenvalue weighted by Crippen LogP contribution is 2.26. The Labute approximate surface area is 126 Å². The van der Waals surface area contributed by atoms with Crippen LogP contribution >= 0.6 is 11.6 Å². The number of aryl methyl sites for hydroxylation is 3. The summed E-state index contributed by atoms with van der Waals surface area (Å²) in [5.41, 5.74) is 3.15. The minimum absolute atomic E-state index is 0.444. The zero-order valence-electron chi connectivity index (χ0n) is 13.0. The fourth-order valence-electron chi connectivity index (χ4n) is 2.88. The lowest BCUT2D eigenvalue weighted by Crippen LogP contribution is -2.12. The van der Waals surface area contributed by atoms with Gasteiger partial charge in [-0.25, -0.2) is 4.98 Å². The van der Waals surface area contributed by atoms with Crippen LogP contribution in [0.5, 0.6) is 0 Å². The summed E-state index contributed by atoms with van der Waals surface area (Å²) in [6.07, 6.45) is 5.80. The first kappa shape index (κ1) is 15.4. The lowest BCUT2D eigenvalue weighted by molar-refractivity contribution is 0.467. The SMILES string of the molecule is CCCCCC(C)n1c(CCCl)nc2c(C)nn(C)c21. The molecule has 0 aliphatic heterocycles. The van der Waals surface area contributed by atoms with Gasteiger partial charge in [0.15, 0.2) is 5.65 Å². The van der Waals surface area contributed by atoms with E-state index in [1.165, 1.54) is 25.7 Å². The second-order valence-corrected chi connectivity index (χ2v) is 5.94. The standard InChI is InChI=1S/C15H25ClN4/c1-5-6-7-8-11(2)20-13(9-10-16)17-14-12(3)18-19(4)15(14)20/h11H,5-10H2,1-4H3. The molecule has 112 valence electrons. The normalized spacial score (nSPS) is 13.2. The van der Waals surface area contributed by atoms with Crippen molar-refractivity contribution in [2.75, 3.05) is 5.88 Å². The third-order valence-electron chi connectivity index (χ3n) is 3.89. The molecule has 4 nitrogen and oxygen atoms in total. The van der Waals surface area contributed by atoms with Crippen LogP contribution in [0.15, 0.2) is 0 Å². The molecule has 0 amide bonds.